The van der Waals surface area contributed by atoms with Crippen LogP contribution in [0.15, 0.2) is 34.2 Å². The van der Waals surface area contributed by atoms with E-state index in [9.17, 15) is 0 Å². The molecular weight excluding hydrogens is 236 g/mol. The van der Waals surface area contributed by atoms with Crippen molar-refractivity contribution in [3.05, 3.63) is 24.3 Å². The molecule has 0 amide bonds. The molecule has 0 fully saturated rings. The van der Waals surface area contributed by atoms with Gasteiger partial charge >= 0.3 is 0 Å². The molecule has 1 aliphatic heterocycles. The molecule has 0 spiro atoms. The number of fused-ring (bicyclic) bond motifs is 1. The smallest absolute Gasteiger partial charge is 0.0841 e. The van der Waals surface area contributed by atoms with Gasteiger partial charge < -0.3 is 5.73 Å². The summed E-state index contributed by atoms with van der Waals surface area (Å²) < 4.78 is 0. The Labute approximate surface area is 105 Å². The molecule has 2 rings (SSSR count). The SMILES string of the molecule is NCCCCSC1=Nc2ccccc2SC1. The van der Waals surface area contributed by atoms with E-state index in [1.165, 1.54) is 16.4 Å². The number of thioether (sulfide) groups is 2. The van der Waals surface area contributed by atoms with Crippen LogP contribution in [0.2, 0.25) is 0 Å². The van der Waals surface area contributed by atoms with E-state index in [0.29, 0.717) is 0 Å². The summed E-state index contributed by atoms with van der Waals surface area (Å²) >= 11 is 3.76. The van der Waals surface area contributed by atoms with Crippen LogP contribution < -0.4 is 5.73 Å². The lowest BCUT2D eigenvalue weighted by Crippen LogP contribution is -2.03. The van der Waals surface area contributed by atoms with E-state index in [1.54, 1.807) is 0 Å². The number of rotatable bonds is 4. The molecule has 1 heterocycles. The van der Waals surface area contributed by atoms with Gasteiger partial charge in [-0.05, 0) is 37.3 Å². The molecule has 16 heavy (non-hydrogen) atoms. The van der Waals surface area contributed by atoms with E-state index in [0.717, 1.165) is 30.2 Å². The molecule has 1 aromatic carbocycles. The van der Waals surface area contributed by atoms with Gasteiger partial charge in [0, 0.05) is 10.6 Å². The van der Waals surface area contributed by atoms with Crippen molar-refractivity contribution >= 4 is 34.3 Å². The molecule has 0 bridgehead atoms. The zero-order chi connectivity index (χ0) is 11.2. The lowest BCUT2D eigenvalue weighted by atomic mass is 10.3. The van der Waals surface area contributed by atoms with Gasteiger partial charge in [0.05, 0.1) is 10.7 Å². The minimum absolute atomic E-state index is 0.796. The minimum atomic E-state index is 0.796. The van der Waals surface area contributed by atoms with E-state index in [-0.39, 0.29) is 0 Å². The third-order valence-electron chi connectivity index (χ3n) is 2.33. The maximum atomic E-state index is 5.47. The number of benzene rings is 1. The van der Waals surface area contributed by atoms with Gasteiger partial charge in [0.1, 0.15) is 0 Å². The van der Waals surface area contributed by atoms with Crippen molar-refractivity contribution in [2.75, 3.05) is 18.1 Å². The molecule has 0 radical (unpaired) electrons. The summed E-state index contributed by atoms with van der Waals surface area (Å²) in [6, 6.07) is 8.34. The number of aliphatic imine (C=N–C) groups is 1. The van der Waals surface area contributed by atoms with E-state index < -0.39 is 0 Å². The molecule has 0 aliphatic carbocycles. The molecule has 1 aromatic rings. The first-order chi connectivity index (χ1) is 7.90. The summed E-state index contributed by atoms with van der Waals surface area (Å²) in [6.45, 7) is 0.796. The summed E-state index contributed by atoms with van der Waals surface area (Å²) in [5, 5.41) is 1.25. The summed E-state index contributed by atoms with van der Waals surface area (Å²) in [5.74, 6) is 2.16. The molecule has 1 aliphatic rings. The van der Waals surface area contributed by atoms with Crippen LogP contribution in [-0.2, 0) is 0 Å². The number of unbranched alkanes of at least 4 members (excludes halogenated alkanes) is 1. The third-order valence-corrected chi connectivity index (χ3v) is 4.65. The highest BCUT2D eigenvalue weighted by Gasteiger charge is 2.11. The second kappa shape index (κ2) is 6.33. The molecule has 2 nitrogen and oxygen atoms in total. The van der Waals surface area contributed by atoms with Gasteiger partial charge in [-0.2, -0.15) is 0 Å². The van der Waals surface area contributed by atoms with Gasteiger partial charge in [-0.25, -0.2) is 4.99 Å². The Hall–Kier alpha value is -0.450. The summed E-state index contributed by atoms with van der Waals surface area (Å²) in [6.07, 6.45) is 2.30. The van der Waals surface area contributed by atoms with Gasteiger partial charge in [-0.1, -0.05) is 12.1 Å². The monoisotopic (exact) mass is 252 g/mol. The minimum Gasteiger partial charge on any atom is -0.330 e. The Morgan fingerprint density at radius 1 is 1.31 bits per heavy atom. The number of nitrogens with two attached hydrogens (primary N) is 1. The normalized spacial score (nSPS) is 14.4. The average Bonchev–Trinajstić information content (AvgIpc) is 2.34. The molecule has 0 saturated carbocycles. The van der Waals surface area contributed by atoms with Crippen molar-refractivity contribution in [2.24, 2.45) is 10.7 Å². The van der Waals surface area contributed by atoms with Crippen LogP contribution in [0.4, 0.5) is 5.69 Å². The lowest BCUT2D eigenvalue weighted by Gasteiger charge is -2.14. The first-order valence-electron chi connectivity index (χ1n) is 5.52. The van der Waals surface area contributed by atoms with Gasteiger partial charge in [0.2, 0.25) is 0 Å². The molecule has 0 aromatic heterocycles. The molecule has 0 atom stereocenters. The highest BCUT2D eigenvalue weighted by atomic mass is 32.2. The maximum Gasteiger partial charge on any atom is 0.0841 e. The number of para-hydroxylation sites is 1. The van der Waals surface area contributed by atoms with Crippen molar-refractivity contribution in [1.82, 2.24) is 0 Å². The Kier molecular flexibility index (Phi) is 4.75. The Bertz CT molecular complexity index is 377. The maximum absolute atomic E-state index is 5.47. The van der Waals surface area contributed by atoms with Crippen LogP contribution in [-0.4, -0.2) is 23.1 Å². The number of hydrogen-bond acceptors (Lipinski definition) is 4. The second-order valence-electron chi connectivity index (χ2n) is 3.61. The van der Waals surface area contributed by atoms with Crippen molar-refractivity contribution < 1.29 is 0 Å². The van der Waals surface area contributed by atoms with Crippen LogP contribution in [0, 0.1) is 0 Å². The molecule has 0 unspecified atom stereocenters. The topological polar surface area (TPSA) is 38.4 Å². The summed E-state index contributed by atoms with van der Waals surface area (Å²) in [5.41, 5.74) is 6.59. The fourth-order valence-corrected chi connectivity index (χ4v) is 3.52. The first kappa shape index (κ1) is 12.0. The largest absolute Gasteiger partial charge is 0.330 e. The standard InChI is InChI=1S/C12H16N2S2/c13-7-3-4-8-15-12-9-16-11-6-2-1-5-10(11)14-12/h1-2,5-6H,3-4,7-9,13H2. The van der Waals surface area contributed by atoms with Gasteiger partial charge in [0.25, 0.3) is 0 Å². The average molecular weight is 252 g/mol. The Morgan fingerprint density at radius 2 is 2.19 bits per heavy atom. The van der Waals surface area contributed by atoms with Gasteiger partial charge in [-0.3, -0.25) is 0 Å². The Morgan fingerprint density at radius 3 is 3.06 bits per heavy atom. The van der Waals surface area contributed by atoms with Crippen LogP contribution in [0.3, 0.4) is 0 Å². The summed E-state index contributed by atoms with van der Waals surface area (Å²) in [4.78, 5) is 5.97. The third kappa shape index (κ3) is 3.27. The van der Waals surface area contributed by atoms with Crippen LogP contribution in [0.5, 0.6) is 0 Å². The van der Waals surface area contributed by atoms with E-state index in [4.69, 9.17) is 5.73 Å². The molecule has 4 heteroatoms. The molecular formula is C12H16N2S2. The first-order valence-corrected chi connectivity index (χ1v) is 7.49. The van der Waals surface area contributed by atoms with Gasteiger partial charge in [0.15, 0.2) is 0 Å². The predicted molar refractivity (Wildman–Crippen MR) is 75.0 cm³/mol. The predicted octanol–water partition coefficient (Wildman–Crippen LogP) is 3.29. The van der Waals surface area contributed by atoms with Crippen molar-refractivity contribution in [2.45, 2.75) is 17.7 Å². The molecule has 2 N–H and O–H groups in total. The second-order valence-corrected chi connectivity index (χ2v) is 5.79. The fraction of sp³-hybridized carbons (Fsp3) is 0.417. The van der Waals surface area contributed by atoms with Gasteiger partial charge in [-0.15, -0.1) is 23.5 Å². The van der Waals surface area contributed by atoms with E-state index in [2.05, 4.69) is 23.2 Å². The zero-order valence-electron chi connectivity index (χ0n) is 9.19. The van der Waals surface area contributed by atoms with Crippen LogP contribution in [0.1, 0.15) is 12.8 Å². The van der Waals surface area contributed by atoms with Crippen molar-refractivity contribution in [1.29, 1.82) is 0 Å². The van der Waals surface area contributed by atoms with E-state index >= 15 is 0 Å². The van der Waals surface area contributed by atoms with Crippen molar-refractivity contribution in [3.8, 4) is 0 Å². The van der Waals surface area contributed by atoms with Crippen molar-refractivity contribution in [3.63, 3.8) is 0 Å². The van der Waals surface area contributed by atoms with Crippen LogP contribution >= 0.6 is 23.5 Å². The quantitative estimate of drug-likeness (QED) is 0.836. The fourth-order valence-electron chi connectivity index (χ4n) is 1.49. The highest BCUT2D eigenvalue weighted by Crippen LogP contribution is 2.35. The van der Waals surface area contributed by atoms with E-state index in [1.807, 2.05) is 29.6 Å². The highest BCUT2D eigenvalue weighted by molar-refractivity contribution is 8.16. The molecule has 0 saturated heterocycles. The zero-order valence-corrected chi connectivity index (χ0v) is 10.8. The Balaban J connectivity index is 1.91. The lowest BCUT2D eigenvalue weighted by molar-refractivity contribution is 0.815. The molecule has 86 valence electrons. The number of nitrogens with zero attached hydrogens (tertiary/aromatic N) is 1. The summed E-state index contributed by atoms with van der Waals surface area (Å²) in [7, 11) is 0. The van der Waals surface area contributed by atoms with Crippen LogP contribution in [0.25, 0.3) is 0 Å². The number of hydrogen-bond donors (Lipinski definition) is 1.